The van der Waals surface area contributed by atoms with Gasteiger partial charge in [0.15, 0.2) is 0 Å². The van der Waals surface area contributed by atoms with Crippen LogP contribution in [0.25, 0.3) is 0 Å². The second kappa shape index (κ2) is 6.64. The van der Waals surface area contributed by atoms with Gasteiger partial charge in [-0.25, -0.2) is 0 Å². The minimum atomic E-state index is -0.0353. The van der Waals surface area contributed by atoms with Crippen LogP contribution >= 0.6 is 0 Å². The van der Waals surface area contributed by atoms with Crippen molar-refractivity contribution in [1.29, 1.82) is 0 Å². The van der Waals surface area contributed by atoms with Crippen LogP contribution in [-0.2, 0) is 19.1 Å². The molecule has 0 aliphatic heterocycles. The van der Waals surface area contributed by atoms with Gasteiger partial charge < -0.3 is 0 Å². The second-order valence-electron chi connectivity index (χ2n) is 7.12. The first-order valence-corrected chi connectivity index (χ1v) is 14.8. The van der Waals surface area contributed by atoms with Gasteiger partial charge in [0, 0.05) is 0 Å². The fraction of sp³-hybridized carbons (Fsp3) is 0.667. The number of hydrogen-bond acceptors (Lipinski definition) is 4. The Morgan fingerprint density at radius 1 is 0.750 bits per heavy atom. The number of allylic oxidation sites excluding steroid dienone is 4. The van der Waals surface area contributed by atoms with Crippen LogP contribution in [0, 0.1) is 35.5 Å². The molecule has 4 aliphatic rings. The van der Waals surface area contributed by atoms with Crippen LogP contribution in [0.4, 0.5) is 0 Å². The van der Waals surface area contributed by atoms with Gasteiger partial charge in [-0.1, -0.05) is 0 Å². The molecule has 0 spiro atoms. The van der Waals surface area contributed by atoms with E-state index in [0.29, 0.717) is 59.6 Å². The third kappa shape index (κ3) is 2.63. The Morgan fingerprint density at radius 3 is 1.50 bits per heavy atom. The summed E-state index contributed by atoms with van der Waals surface area (Å²) in [5.41, 5.74) is 0. The van der Waals surface area contributed by atoms with Crippen molar-refractivity contribution >= 4 is 38.2 Å². The van der Waals surface area contributed by atoms with Gasteiger partial charge >= 0.3 is 154 Å². The zero-order chi connectivity index (χ0) is 16.8. The van der Waals surface area contributed by atoms with Gasteiger partial charge in [-0.2, -0.15) is 0 Å². The molecule has 24 heavy (non-hydrogen) atoms. The molecule has 0 saturated heterocycles. The summed E-state index contributed by atoms with van der Waals surface area (Å²) in [6.45, 7) is 0. The molecule has 4 aliphatic carbocycles. The average molecular weight is 460 g/mol. The van der Waals surface area contributed by atoms with Gasteiger partial charge in [0.05, 0.1) is 0 Å². The van der Waals surface area contributed by atoms with Gasteiger partial charge in [-0.15, -0.1) is 0 Å². The number of fused-ring (bicyclic) bond motifs is 4. The number of esters is 2. The monoisotopic (exact) mass is 462 g/mol. The molecule has 4 rings (SSSR count). The second-order valence-corrected chi connectivity index (χ2v) is 14.4. The Bertz CT molecular complexity index is 550. The number of rotatable bonds is 5. The SMILES string of the molecule is COC(=O)[C@@H]1[C@@H]([Se][Se][C@@H]2[C@@H](C(=O)OC)[C@@H]3C=C[C@H]2C3)[C@H]2C=C[C@@H]1C2. The Labute approximate surface area is 153 Å². The first-order chi connectivity index (χ1) is 11.6. The van der Waals surface area contributed by atoms with Crippen LogP contribution in [0.1, 0.15) is 12.8 Å². The fourth-order valence-corrected chi connectivity index (χ4v) is 17.2. The first-order valence-electron chi connectivity index (χ1n) is 8.48. The van der Waals surface area contributed by atoms with E-state index in [1.807, 2.05) is 0 Å². The molecule has 0 N–H and O–H groups in total. The van der Waals surface area contributed by atoms with Crippen LogP contribution in [0.5, 0.6) is 0 Å². The van der Waals surface area contributed by atoms with Crippen LogP contribution in [0.2, 0.25) is 9.63 Å². The van der Waals surface area contributed by atoms with E-state index in [1.54, 1.807) is 0 Å². The quantitative estimate of drug-likeness (QED) is 0.357. The summed E-state index contributed by atoms with van der Waals surface area (Å²) >= 11 is 0.816. The Hall–Kier alpha value is -0.541. The number of hydrogen-bond donors (Lipinski definition) is 0. The molecule has 4 nitrogen and oxygen atoms in total. The molecular weight excluding hydrogens is 438 g/mol. The molecular formula is C18H22O4Se2. The average Bonchev–Trinajstić information content (AvgIpc) is 3.37. The Balaban J connectivity index is 1.46. The predicted octanol–water partition coefficient (Wildman–Crippen LogP) is 1.88. The summed E-state index contributed by atoms with van der Waals surface area (Å²) in [5.74, 6) is 1.88. The number of carbonyl (C=O) groups excluding carboxylic acids is 2. The van der Waals surface area contributed by atoms with Crippen molar-refractivity contribution in [3.05, 3.63) is 24.3 Å². The van der Waals surface area contributed by atoms with E-state index in [2.05, 4.69) is 24.3 Å². The normalized spacial score (nSPS) is 44.2. The van der Waals surface area contributed by atoms with Crippen molar-refractivity contribution in [3.63, 3.8) is 0 Å². The van der Waals surface area contributed by atoms with Crippen molar-refractivity contribution in [2.75, 3.05) is 14.2 Å². The zero-order valence-corrected chi connectivity index (χ0v) is 17.2. The molecule has 0 aromatic carbocycles. The summed E-state index contributed by atoms with van der Waals surface area (Å²) in [7, 11) is 3.00. The molecule has 6 heteroatoms. The summed E-state index contributed by atoms with van der Waals surface area (Å²) in [6, 6.07) is 0. The molecule has 0 aromatic rings. The number of carbonyl (C=O) groups is 2. The summed E-state index contributed by atoms with van der Waals surface area (Å²) in [5, 5.41) is 0. The maximum absolute atomic E-state index is 12.2. The van der Waals surface area contributed by atoms with E-state index in [1.165, 1.54) is 14.2 Å². The van der Waals surface area contributed by atoms with Crippen molar-refractivity contribution in [2.45, 2.75) is 22.5 Å². The number of methoxy groups -OCH3 is 2. The van der Waals surface area contributed by atoms with Crippen molar-refractivity contribution in [1.82, 2.24) is 0 Å². The van der Waals surface area contributed by atoms with E-state index < -0.39 is 0 Å². The topological polar surface area (TPSA) is 52.6 Å². The van der Waals surface area contributed by atoms with Gasteiger partial charge in [-0.05, 0) is 0 Å². The molecule has 4 bridgehead atoms. The third-order valence-electron chi connectivity index (χ3n) is 6.00. The third-order valence-corrected chi connectivity index (χ3v) is 15.9. The molecule has 2 fully saturated rings. The number of ether oxygens (including phenoxy) is 2. The minimum absolute atomic E-state index is 0.0353. The summed E-state index contributed by atoms with van der Waals surface area (Å²) < 4.78 is 10.1. The molecule has 130 valence electrons. The first kappa shape index (κ1) is 16.9. The summed E-state index contributed by atoms with van der Waals surface area (Å²) in [6.07, 6.45) is 11.3. The van der Waals surface area contributed by atoms with Crippen LogP contribution in [-0.4, -0.2) is 52.4 Å². The van der Waals surface area contributed by atoms with Crippen LogP contribution < -0.4 is 0 Å². The molecule has 8 atom stereocenters. The van der Waals surface area contributed by atoms with Crippen molar-refractivity contribution < 1.29 is 19.1 Å². The standard InChI is InChI=1S/C18H22O4Se2/c1-21-17(19)13-9-3-5-11(7-9)15(13)23-24-16-12-6-4-10(8-12)14(16)18(20)22-2/h3-6,9-16H,7-8H2,1-2H3/t9-,10-,11+,12+,13+,14+,15+,16+/m1/s1. The zero-order valence-electron chi connectivity index (χ0n) is 13.8. The van der Waals surface area contributed by atoms with Gasteiger partial charge in [0.1, 0.15) is 0 Å². The van der Waals surface area contributed by atoms with Crippen LogP contribution in [0.15, 0.2) is 24.3 Å². The molecule has 0 heterocycles. The van der Waals surface area contributed by atoms with Gasteiger partial charge in [0.25, 0.3) is 0 Å². The van der Waals surface area contributed by atoms with Crippen molar-refractivity contribution in [2.24, 2.45) is 35.5 Å². The van der Waals surface area contributed by atoms with Crippen LogP contribution in [0.3, 0.4) is 0 Å². The van der Waals surface area contributed by atoms with E-state index in [4.69, 9.17) is 9.47 Å². The van der Waals surface area contributed by atoms with E-state index in [9.17, 15) is 9.59 Å². The molecule has 0 amide bonds. The maximum atomic E-state index is 12.2. The summed E-state index contributed by atoms with van der Waals surface area (Å²) in [4.78, 5) is 25.4. The van der Waals surface area contributed by atoms with Crippen molar-refractivity contribution in [3.8, 4) is 0 Å². The van der Waals surface area contributed by atoms with E-state index >= 15 is 0 Å². The molecule has 0 radical (unpaired) electrons. The molecule has 0 aromatic heterocycles. The fourth-order valence-electron chi connectivity index (χ4n) is 4.83. The molecule has 0 unspecified atom stereocenters. The Morgan fingerprint density at radius 2 is 1.12 bits per heavy atom. The Kier molecular flexibility index (Phi) is 4.68. The predicted molar refractivity (Wildman–Crippen MR) is 91.5 cm³/mol. The van der Waals surface area contributed by atoms with E-state index in [-0.39, 0.29) is 23.8 Å². The van der Waals surface area contributed by atoms with E-state index in [0.717, 1.165) is 12.8 Å². The molecule has 2 saturated carbocycles. The van der Waals surface area contributed by atoms with Gasteiger partial charge in [-0.3, -0.25) is 0 Å². The van der Waals surface area contributed by atoms with Gasteiger partial charge in [0.2, 0.25) is 0 Å².